The molecule has 0 aromatic carbocycles. The highest BCUT2D eigenvalue weighted by molar-refractivity contribution is 5.93. The van der Waals surface area contributed by atoms with Crippen molar-refractivity contribution in [2.24, 2.45) is 0 Å². The van der Waals surface area contributed by atoms with Gasteiger partial charge in [0.15, 0.2) is 17.2 Å². The van der Waals surface area contributed by atoms with E-state index in [-0.39, 0.29) is 29.9 Å². The maximum absolute atomic E-state index is 12.8. The van der Waals surface area contributed by atoms with Crippen LogP contribution in [0.5, 0.6) is 0 Å². The van der Waals surface area contributed by atoms with Crippen LogP contribution in [0.25, 0.3) is 0 Å². The maximum atomic E-state index is 12.8. The largest absolute Gasteiger partial charge is 0.459 e. The molecule has 1 saturated heterocycles. The van der Waals surface area contributed by atoms with Crippen LogP contribution in [0.2, 0.25) is 0 Å². The summed E-state index contributed by atoms with van der Waals surface area (Å²) in [5.41, 5.74) is -0.649. The molecule has 4 rings (SSSR count). The van der Waals surface area contributed by atoms with Gasteiger partial charge in [-0.25, -0.2) is 0 Å². The van der Waals surface area contributed by atoms with Crippen LogP contribution in [0.15, 0.2) is 45.4 Å². The second-order valence-electron chi connectivity index (χ2n) is 7.15. The Hall–Kier alpha value is -3.50. The van der Waals surface area contributed by atoms with Crippen LogP contribution in [0.1, 0.15) is 38.3 Å². The molecule has 0 bridgehead atoms. The number of piperazine rings is 1. The van der Waals surface area contributed by atoms with E-state index in [1.165, 1.54) is 30.0 Å². The molecule has 0 N–H and O–H groups in total. The Morgan fingerprint density at radius 2 is 1.68 bits per heavy atom. The maximum Gasteiger partial charge on any atom is 0.435 e. The van der Waals surface area contributed by atoms with Gasteiger partial charge in [-0.1, -0.05) is 0 Å². The molecule has 0 unspecified atom stereocenters. The van der Waals surface area contributed by atoms with Gasteiger partial charge in [0.2, 0.25) is 0 Å². The van der Waals surface area contributed by atoms with Crippen LogP contribution in [0.4, 0.5) is 13.2 Å². The number of rotatable bonds is 4. The molecule has 0 saturated carbocycles. The normalized spacial score (nSPS) is 14.8. The number of nitrogens with zero attached hydrogens (tertiary/aromatic N) is 4. The third-order valence-electron chi connectivity index (χ3n) is 5.04. The molecule has 4 heterocycles. The second-order valence-corrected chi connectivity index (χ2v) is 7.15. The van der Waals surface area contributed by atoms with Gasteiger partial charge in [0.05, 0.1) is 12.8 Å². The van der Waals surface area contributed by atoms with Gasteiger partial charge in [0.1, 0.15) is 5.76 Å². The predicted octanol–water partition coefficient (Wildman–Crippen LogP) is 3.04. The molecule has 3 aromatic heterocycles. The summed E-state index contributed by atoms with van der Waals surface area (Å²) in [6, 6.07) is 7.21. The third kappa shape index (κ3) is 4.35. The lowest BCUT2D eigenvalue weighted by molar-refractivity contribution is -0.141. The number of hydrogen-bond acceptors (Lipinski definition) is 5. The van der Waals surface area contributed by atoms with Crippen molar-refractivity contribution in [3.05, 3.63) is 65.3 Å². The molecule has 0 radical (unpaired) electrons. The minimum absolute atomic E-state index is 0.0272. The van der Waals surface area contributed by atoms with Crippen LogP contribution >= 0.6 is 0 Å². The van der Waals surface area contributed by atoms with Crippen molar-refractivity contribution in [3.63, 3.8) is 0 Å². The highest BCUT2D eigenvalue weighted by Crippen LogP contribution is 2.28. The second kappa shape index (κ2) is 7.97. The molecule has 1 aliphatic heterocycles. The molecule has 8 nitrogen and oxygen atoms in total. The zero-order valence-corrected chi connectivity index (χ0v) is 16.6. The number of halogens is 3. The Bertz CT molecular complexity index is 1080. The average Bonchev–Trinajstić information content (AvgIpc) is 3.49. The van der Waals surface area contributed by atoms with Crippen LogP contribution in [0.3, 0.4) is 0 Å². The van der Waals surface area contributed by atoms with Gasteiger partial charge in [-0.2, -0.15) is 18.3 Å². The quantitative estimate of drug-likeness (QED) is 0.628. The zero-order chi connectivity index (χ0) is 22.2. The minimum atomic E-state index is -4.53. The molecule has 0 atom stereocenters. The van der Waals surface area contributed by atoms with Crippen molar-refractivity contribution in [2.45, 2.75) is 19.6 Å². The van der Waals surface area contributed by atoms with E-state index in [1.54, 1.807) is 21.9 Å². The van der Waals surface area contributed by atoms with Gasteiger partial charge in [-0.05, 0) is 37.3 Å². The number of hydrogen-bond donors (Lipinski definition) is 0. The first-order valence-corrected chi connectivity index (χ1v) is 9.55. The monoisotopic (exact) mass is 436 g/mol. The van der Waals surface area contributed by atoms with Gasteiger partial charge in [0, 0.05) is 31.9 Å². The standard InChI is InChI=1S/C20H19F3N4O4/c1-13-11-17(20(21,22)23)24-27(13)12-14-4-5-16(31-14)19(29)26-8-6-25(7-9-26)18(28)15-3-2-10-30-15/h2-5,10-11H,6-9,12H2,1H3. The van der Waals surface area contributed by atoms with Crippen molar-refractivity contribution < 1.29 is 31.6 Å². The van der Waals surface area contributed by atoms with Gasteiger partial charge < -0.3 is 18.6 Å². The topological polar surface area (TPSA) is 84.7 Å². The summed E-state index contributed by atoms with van der Waals surface area (Å²) in [6.45, 7) is 2.85. The molecule has 1 fully saturated rings. The van der Waals surface area contributed by atoms with Gasteiger partial charge in [-0.15, -0.1) is 0 Å². The van der Waals surface area contributed by atoms with Crippen molar-refractivity contribution in [1.82, 2.24) is 19.6 Å². The average molecular weight is 436 g/mol. The molecule has 31 heavy (non-hydrogen) atoms. The minimum Gasteiger partial charge on any atom is -0.459 e. The lowest BCUT2D eigenvalue weighted by atomic mass is 10.2. The number of carbonyl (C=O) groups is 2. The summed E-state index contributed by atoms with van der Waals surface area (Å²) in [7, 11) is 0. The fraction of sp³-hybridized carbons (Fsp3) is 0.350. The zero-order valence-electron chi connectivity index (χ0n) is 16.6. The van der Waals surface area contributed by atoms with Crippen molar-refractivity contribution >= 4 is 11.8 Å². The predicted molar refractivity (Wildman–Crippen MR) is 100 cm³/mol. The number of carbonyl (C=O) groups excluding carboxylic acids is 2. The van der Waals surface area contributed by atoms with Crippen LogP contribution in [0, 0.1) is 6.92 Å². The van der Waals surface area contributed by atoms with Crippen molar-refractivity contribution in [1.29, 1.82) is 0 Å². The van der Waals surface area contributed by atoms with E-state index < -0.39 is 11.9 Å². The number of furan rings is 2. The van der Waals surface area contributed by atoms with Gasteiger partial charge in [0.25, 0.3) is 11.8 Å². The van der Waals surface area contributed by atoms with E-state index in [4.69, 9.17) is 8.83 Å². The highest BCUT2D eigenvalue weighted by Gasteiger charge is 2.34. The first-order chi connectivity index (χ1) is 14.7. The number of aromatic nitrogens is 2. The van der Waals surface area contributed by atoms with Crippen LogP contribution < -0.4 is 0 Å². The van der Waals surface area contributed by atoms with E-state index in [0.717, 1.165) is 6.07 Å². The van der Waals surface area contributed by atoms with E-state index >= 15 is 0 Å². The summed E-state index contributed by atoms with van der Waals surface area (Å²) < 4.78 is 50.3. The van der Waals surface area contributed by atoms with Crippen LogP contribution in [-0.2, 0) is 12.7 Å². The Labute approximate surface area is 174 Å². The lowest BCUT2D eigenvalue weighted by Gasteiger charge is -2.33. The number of alkyl halides is 3. The van der Waals surface area contributed by atoms with E-state index in [0.29, 0.717) is 37.6 Å². The SMILES string of the molecule is Cc1cc(C(F)(F)F)nn1Cc1ccc(C(=O)N2CCN(C(=O)c3ccco3)CC2)o1. The van der Waals surface area contributed by atoms with Gasteiger partial charge >= 0.3 is 6.18 Å². The summed E-state index contributed by atoms with van der Waals surface area (Å²) in [5, 5.41) is 3.56. The molecular weight excluding hydrogens is 417 g/mol. The first-order valence-electron chi connectivity index (χ1n) is 9.55. The fourth-order valence-corrected chi connectivity index (χ4v) is 3.36. The highest BCUT2D eigenvalue weighted by atomic mass is 19.4. The van der Waals surface area contributed by atoms with Crippen molar-refractivity contribution in [2.75, 3.05) is 26.2 Å². The fourth-order valence-electron chi connectivity index (χ4n) is 3.36. The van der Waals surface area contributed by atoms with E-state index in [2.05, 4.69) is 5.10 Å². The summed E-state index contributed by atoms with van der Waals surface area (Å²) >= 11 is 0. The third-order valence-corrected chi connectivity index (χ3v) is 5.04. The van der Waals surface area contributed by atoms with Gasteiger partial charge in [-0.3, -0.25) is 14.3 Å². The Kier molecular flexibility index (Phi) is 5.34. The molecule has 1 aliphatic rings. The smallest absolute Gasteiger partial charge is 0.435 e. The molecule has 164 valence electrons. The Balaban J connectivity index is 1.37. The lowest BCUT2D eigenvalue weighted by Crippen LogP contribution is -2.50. The number of amides is 2. The van der Waals surface area contributed by atoms with E-state index in [1.807, 2.05) is 0 Å². The summed E-state index contributed by atoms with van der Waals surface area (Å²) in [5.74, 6) is 0.0735. The Morgan fingerprint density at radius 1 is 1.03 bits per heavy atom. The van der Waals surface area contributed by atoms with E-state index in [9.17, 15) is 22.8 Å². The van der Waals surface area contributed by atoms with Crippen molar-refractivity contribution in [3.8, 4) is 0 Å². The molecule has 0 aliphatic carbocycles. The molecule has 3 aromatic rings. The molecular formula is C20H19F3N4O4. The molecule has 11 heteroatoms. The Morgan fingerprint density at radius 3 is 2.23 bits per heavy atom. The summed E-state index contributed by atoms with van der Waals surface area (Å²) in [6.07, 6.45) is -3.10. The molecule has 2 amide bonds. The molecule has 0 spiro atoms. The number of aryl methyl sites for hydroxylation is 1. The first kappa shape index (κ1) is 20.8. The van der Waals surface area contributed by atoms with Crippen LogP contribution in [-0.4, -0.2) is 57.6 Å². The summed E-state index contributed by atoms with van der Waals surface area (Å²) in [4.78, 5) is 28.2.